The summed E-state index contributed by atoms with van der Waals surface area (Å²) in [5.41, 5.74) is -4.00. The summed E-state index contributed by atoms with van der Waals surface area (Å²) in [6, 6.07) is 22.2. The molecule has 0 aliphatic carbocycles. The Morgan fingerprint density at radius 3 is 0.675 bits per heavy atom. The summed E-state index contributed by atoms with van der Waals surface area (Å²) < 4.78 is 759. The Morgan fingerprint density at radius 1 is 0.298 bits per heavy atom. The number of hydrogen-bond acceptors (Lipinski definition) is 18. The second kappa shape index (κ2) is 46.4. The van der Waals surface area contributed by atoms with Gasteiger partial charge in [0, 0.05) is 179 Å². The highest BCUT2D eigenvalue weighted by atomic mass is 32.2. The van der Waals surface area contributed by atoms with Crippen molar-refractivity contribution in [2.45, 2.75) is 221 Å². The van der Waals surface area contributed by atoms with E-state index in [1.165, 1.54) is 32.0 Å². The maximum atomic E-state index is 12.4. The normalized spacial score (nSPS) is 46.8. The first kappa shape index (κ1) is 35.1. The van der Waals surface area contributed by atoms with Crippen molar-refractivity contribution in [2.24, 2.45) is 0 Å². The zero-order valence-corrected chi connectivity index (χ0v) is 67.5. The van der Waals surface area contributed by atoms with Gasteiger partial charge in [0.25, 0.3) is 0 Å². The molecule has 0 saturated carbocycles. The summed E-state index contributed by atoms with van der Waals surface area (Å²) in [4.78, 5) is -4.00. The van der Waals surface area contributed by atoms with E-state index in [1.807, 2.05) is 0 Å². The van der Waals surface area contributed by atoms with Gasteiger partial charge in [0.05, 0.1) is 29.4 Å². The summed E-state index contributed by atoms with van der Waals surface area (Å²) in [5.74, 6) is -19.9. The van der Waals surface area contributed by atoms with E-state index in [1.54, 1.807) is 13.8 Å². The Balaban J connectivity index is 0.000000302. The number of rotatable bonds is 24. The van der Waals surface area contributed by atoms with Crippen molar-refractivity contribution in [3.05, 3.63) is 179 Å². The van der Waals surface area contributed by atoms with Crippen LogP contribution in [0.5, 0.6) is 0 Å². The lowest BCUT2D eigenvalue weighted by Gasteiger charge is -2.32. The van der Waals surface area contributed by atoms with Gasteiger partial charge in [-0.2, -0.15) is 0 Å². The first-order chi connectivity index (χ1) is 82.5. The predicted octanol–water partition coefficient (Wildman–Crippen LogP) is 16.1. The Morgan fingerprint density at radius 2 is 0.491 bits per heavy atom. The number of sulfone groups is 6. The molecule has 12 rings (SSSR count). The van der Waals surface area contributed by atoms with Crippen LogP contribution in [0, 0.1) is 0 Å². The lowest BCUT2D eigenvalue weighted by Crippen LogP contribution is -2.34. The van der Waals surface area contributed by atoms with Crippen molar-refractivity contribution in [1.29, 1.82) is 0 Å². The highest BCUT2D eigenvalue weighted by Crippen LogP contribution is 2.35. The van der Waals surface area contributed by atoms with Crippen LogP contribution in [-0.4, -0.2) is 234 Å². The van der Waals surface area contributed by atoms with Gasteiger partial charge >= 0.3 is 0 Å². The van der Waals surface area contributed by atoms with Crippen LogP contribution in [0.2, 0.25) is 0 Å². The molecule has 6 aromatic rings. The van der Waals surface area contributed by atoms with E-state index in [-0.39, 0.29) is 51.1 Å². The number of nitrogens with zero attached hydrogens (tertiary/aromatic N) is 6. The molecule has 0 amide bonds. The van der Waals surface area contributed by atoms with Gasteiger partial charge in [-0.1, -0.05) is 114 Å². The summed E-state index contributed by atoms with van der Waals surface area (Å²) in [5, 5.41) is 0. The SMILES string of the molecule is [2H]C([2H])(C)C([2H])([2H])N1C([2H])([2H])C([2H])([2H])C([2H])([2H])[C@@]([2H])(c2cccc(S(=O)(=O)C([2H])([2H])[2H])c2)C1([2H])[2H].[2H]C([2H])(C)C([2H])([2H])N1C([2H])([2H])C([2H])([2H])C([2H])([2H])[C@@]([2H])(c2cccc(S(C)(=O)=O)c2)C1([2H])[2H].[2H]C([2H])(CC)N1C([2H])([2H])C([2H])([2H])C([2H])([2H])[C@@]([2H])(c2cccc(S(=O)(=O)C([2H])([2H])[2H])c2)C1([2H])[2H].[2H]C([2H])(CC)N1C([2H])([2H])C([2H])([2H])C([2H])([2H])[C@@]([2H])(c2cccc(S(C)(=O)=O)c2)C1([2H])[2H].[2H]C1([2H])N(CCC)C([2H])([2H])[C@]([2H])(c2cccc(S(=O)(=O)C([2H])([2H])[2H])c2)C([2H])([2H])C1([2H])[2H].[2H]C1([2H])N(CCC)C([2H])([2H])[C@]([2H])(c2cccc(S(C)(=O)=O)c2)C([2H])([2H])C1([2H])[2H]. The summed E-state index contributed by atoms with van der Waals surface area (Å²) >= 11 is 0. The van der Waals surface area contributed by atoms with Crippen LogP contribution in [-0.2, 0) is 59.0 Å². The minimum atomic E-state index is -5.10. The van der Waals surface area contributed by atoms with Gasteiger partial charge in [-0.15, -0.1) is 0 Å². The summed E-state index contributed by atoms with van der Waals surface area (Å²) in [6.07, 6.45) is -57.9. The van der Waals surface area contributed by atoms with E-state index in [0.717, 1.165) is 128 Å². The molecule has 6 aromatic carbocycles. The van der Waals surface area contributed by atoms with Gasteiger partial charge < -0.3 is 29.4 Å². The van der Waals surface area contributed by atoms with Gasteiger partial charge in [-0.25, -0.2) is 50.5 Å². The average molecular weight is 1760 g/mol. The third-order valence-corrected chi connectivity index (χ3v) is 20.4. The number of hydrogen-bond donors (Lipinski definition) is 0. The molecule has 0 N–H and O–H groups in total. The fourth-order valence-corrected chi connectivity index (χ4v) is 13.0. The van der Waals surface area contributed by atoms with E-state index in [0.29, 0.717) is 41.8 Å². The first-order valence-electron chi connectivity index (χ1n) is 71.2. The van der Waals surface area contributed by atoms with Gasteiger partial charge in [0.15, 0.2) is 59.0 Å². The maximum absolute atomic E-state index is 12.4. The molecule has 0 spiro atoms. The van der Waals surface area contributed by atoms with Gasteiger partial charge in [-0.3, -0.25) is 0 Å². The molecule has 0 unspecified atom stereocenters. The quantitative estimate of drug-likeness (QED) is 0.0549. The van der Waals surface area contributed by atoms with E-state index in [9.17, 15) is 50.5 Å². The van der Waals surface area contributed by atoms with Crippen LogP contribution in [0.15, 0.2) is 175 Å². The smallest absolute Gasteiger partial charge is 0.175 e. The monoisotopic (exact) mass is 1760 g/mol. The molecule has 6 aliphatic heterocycles. The van der Waals surface area contributed by atoms with Crippen molar-refractivity contribution >= 4 is 59.0 Å². The van der Waals surface area contributed by atoms with Gasteiger partial charge in [-0.05, 0) is 335 Å². The molecular formula is C90H138N6O12S6. The number of piperidine rings is 6. The summed E-state index contributed by atoms with van der Waals surface area (Å²) in [7, 11) is -26.6. The maximum Gasteiger partial charge on any atom is 0.175 e. The van der Waals surface area contributed by atoms with Crippen molar-refractivity contribution in [2.75, 3.05) is 154 Å². The zero-order chi connectivity index (χ0) is 150. The van der Waals surface area contributed by atoms with Crippen LogP contribution >= 0.6 is 0 Å². The van der Waals surface area contributed by atoms with Crippen LogP contribution in [0.25, 0.3) is 0 Å². The second-order valence-electron chi connectivity index (χ2n) is 23.5. The van der Waals surface area contributed by atoms with E-state index < -0.39 is 376 Å². The Bertz CT molecular complexity index is 8410. The molecule has 6 aliphatic rings. The molecule has 6 fully saturated rings. The largest absolute Gasteiger partial charge is 0.303 e. The number of likely N-dealkylation sites (tertiary alicyclic amines) is 6. The third kappa shape index (κ3) is 32.1. The Labute approximate surface area is 795 Å². The highest BCUT2D eigenvalue weighted by molar-refractivity contribution is 7.92. The minimum Gasteiger partial charge on any atom is -0.303 e. The second-order valence-corrected chi connectivity index (χ2v) is 34.0. The van der Waals surface area contributed by atoms with Crippen molar-refractivity contribution in [3.63, 3.8) is 0 Å². The van der Waals surface area contributed by atoms with E-state index >= 15 is 0 Å². The van der Waals surface area contributed by atoms with Crippen molar-refractivity contribution in [3.8, 4) is 0 Å². The van der Waals surface area contributed by atoms with Crippen molar-refractivity contribution < 1.29 is 153 Å². The molecule has 0 aromatic heterocycles. The molecule has 0 radical (unpaired) electrons. The molecule has 114 heavy (non-hydrogen) atoms. The predicted molar refractivity (Wildman–Crippen MR) is 470 cm³/mol. The van der Waals surface area contributed by atoms with E-state index in [2.05, 4.69) is 0 Å². The molecule has 24 heteroatoms. The fourth-order valence-electron chi connectivity index (χ4n) is 9.36. The Hall–Kier alpha value is -5.22. The van der Waals surface area contributed by atoms with Gasteiger partial charge in [0.1, 0.15) is 0 Å². The standard InChI is InChI=1S/6C15H23NO2S/c6*1-3-9-16-10-5-7-14(12-16)13-6-4-8-15(11-13)19(2,17)18/h6*4,6,8,11,14H,3,5,7,9-10,12H2,1-2H3/t6*14-/m111111/s1/i2D3,3D2,5D2,7D2,9D2,10D2,12D2,14D;3D2,5D2,7D2,9D2,10D2,12D2,14D;2D3,5D2,7D2,9D2,10D2,12D2,14D;5D2,7D2,9D2,10D2,12D2,14D;2D3,5D2,7D2,10D2,12D2,14D;5D2,7D2,10D2,12D2,14D. The topological polar surface area (TPSA) is 224 Å². The summed E-state index contributed by atoms with van der Waals surface area (Å²) in [6.45, 7) is -48.2. The molecule has 6 saturated heterocycles. The van der Waals surface area contributed by atoms with Crippen LogP contribution in [0.3, 0.4) is 0 Å². The van der Waals surface area contributed by atoms with Crippen LogP contribution in [0.4, 0.5) is 0 Å². The van der Waals surface area contributed by atoms with Gasteiger partial charge in [0.2, 0.25) is 0 Å². The molecular weight excluding hydrogens is 1550 g/mol. The molecule has 6 heterocycles. The lowest BCUT2D eigenvalue weighted by molar-refractivity contribution is 0.208. The molecule has 636 valence electrons. The molecule has 0 bridgehead atoms. The highest BCUT2D eigenvalue weighted by Gasteiger charge is 2.29. The third-order valence-electron chi connectivity index (χ3n) is 14.5. The molecule has 18 nitrogen and oxygen atoms in total. The fraction of sp³-hybridized carbons (Fsp3) is 0.600. The lowest BCUT2D eigenvalue weighted by atomic mass is 9.90. The van der Waals surface area contributed by atoms with Crippen molar-refractivity contribution in [1.82, 2.24) is 29.4 Å². The first-order valence-corrected chi connectivity index (χ1v) is 43.9. The minimum absolute atomic E-state index is 0.0750. The van der Waals surface area contributed by atoms with Crippen LogP contribution in [0.1, 0.15) is 328 Å². The van der Waals surface area contributed by atoms with Crippen LogP contribution < -0.4 is 0 Å². The number of benzene rings is 6. The zero-order valence-electron chi connectivity index (χ0n) is 138. The molecule has 6 atom stereocenters. The average Bonchev–Trinajstić information content (AvgIpc) is 0.656. The van der Waals surface area contributed by atoms with E-state index in [4.69, 9.17) is 103 Å². The Kier molecular flexibility index (Phi) is 14.3.